The van der Waals surface area contributed by atoms with E-state index in [2.05, 4.69) is 12.6 Å². The molecule has 60 valence electrons. The van der Waals surface area contributed by atoms with E-state index in [1.165, 1.54) is 6.07 Å². The van der Waals surface area contributed by atoms with E-state index in [1.807, 2.05) is 13.0 Å². The van der Waals surface area contributed by atoms with E-state index in [9.17, 15) is 4.39 Å². The lowest BCUT2D eigenvalue weighted by Crippen LogP contribution is -1.88. The van der Waals surface area contributed by atoms with Crippen LogP contribution >= 0.6 is 12.6 Å². The van der Waals surface area contributed by atoms with Crippen molar-refractivity contribution in [3.05, 3.63) is 35.1 Å². The molecule has 0 amide bonds. The van der Waals surface area contributed by atoms with Crippen LogP contribution in [0.3, 0.4) is 0 Å². The molecule has 0 saturated carbocycles. The van der Waals surface area contributed by atoms with Crippen molar-refractivity contribution in [1.82, 2.24) is 0 Å². The Hall–Kier alpha value is -0.500. The van der Waals surface area contributed by atoms with Crippen LogP contribution in [0, 0.1) is 12.7 Å². The van der Waals surface area contributed by atoms with E-state index in [0.717, 1.165) is 5.56 Å². The summed E-state index contributed by atoms with van der Waals surface area (Å²) >= 11 is 4.25. The molecule has 0 radical (unpaired) electrons. The molecule has 1 aromatic rings. The van der Waals surface area contributed by atoms with Crippen LogP contribution in [0.5, 0.6) is 0 Å². The third-order valence-corrected chi connectivity index (χ3v) is 1.96. The summed E-state index contributed by atoms with van der Waals surface area (Å²) in [6.45, 7) is 3.73. The molecule has 0 nitrogen and oxygen atoms in total. The quantitative estimate of drug-likeness (QED) is 0.615. The van der Waals surface area contributed by atoms with Crippen LogP contribution in [0.1, 0.15) is 23.3 Å². The van der Waals surface area contributed by atoms with Crippen LogP contribution in [-0.4, -0.2) is 0 Å². The topological polar surface area (TPSA) is 0 Å². The number of hydrogen-bond donors (Lipinski definition) is 1. The molecule has 0 heterocycles. The van der Waals surface area contributed by atoms with Gasteiger partial charge < -0.3 is 0 Å². The zero-order valence-electron chi connectivity index (χ0n) is 6.63. The summed E-state index contributed by atoms with van der Waals surface area (Å²) in [6, 6.07) is 5.07. The number of rotatable bonds is 1. The SMILES string of the molecule is Cc1cc(C(C)S)ccc1F. The largest absolute Gasteiger partial charge is 0.207 e. The number of thiol groups is 1. The molecular weight excluding hydrogens is 159 g/mol. The van der Waals surface area contributed by atoms with E-state index in [-0.39, 0.29) is 11.1 Å². The summed E-state index contributed by atoms with van der Waals surface area (Å²) in [5.74, 6) is -0.150. The van der Waals surface area contributed by atoms with E-state index in [4.69, 9.17) is 0 Å². The number of aryl methyl sites for hydroxylation is 1. The Labute approximate surface area is 71.8 Å². The minimum atomic E-state index is -0.150. The minimum Gasteiger partial charge on any atom is -0.207 e. The predicted molar refractivity (Wildman–Crippen MR) is 48.5 cm³/mol. The summed E-state index contributed by atoms with van der Waals surface area (Å²) in [7, 11) is 0. The molecule has 0 spiro atoms. The molecule has 1 rings (SSSR count). The van der Waals surface area contributed by atoms with Crippen LogP contribution in [0.15, 0.2) is 18.2 Å². The fraction of sp³-hybridized carbons (Fsp3) is 0.333. The van der Waals surface area contributed by atoms with Gasteiger partial charge in [0.25, 0.3) is 0 Å². The molecule has 2 heteroatoms. The molecule has 0 aromatic heterocycles. The molecule has 0 N–H and O–H groups in total. The van der Waals surface area contributed by atoms with Crippen LogP contribution in [-0.2, 0) is 0 Å². The number of hydrogen-bond acceptors (Lipinski definition) is 1. The van der Waals surface area contributed by atoms with E-state index in [0.29, 0.717) is 5.56 Å². The lowest BCUT2D eigenvalue weighted by molar-refractivity contribution is 0.617. The van der Waals surface area contributed by atoms with Crippen molar-refractivity contribution in [1.29, 1.82) is 0 Å². The summed E-state index contributed by atoms with van der Waals surface area (Å²) in [5.41, 5.74) is 1.75. The van der Waals surface area contributed by atoms with Crippen molar-refractivity contribution in [2.24, 2.45) is 0 Å². The lowest BCUT2D eigenvalue weighted by atomic mass is 10.1. The zero-order valence-corrected chi connectivity index (χ0v) is 7.53. The van der Waals surface area contributed by atoms with Gasteiger partial charge in [-0.25, -0.2) is 4.39 Å². The Morgan fingerprint density at radius 3 is 2.55 bits per heavy atom. The highest BCUT2D eigenvalue weighted by atomic mass is 32.1. The van der Waals surface area contributed by atoms with Gasteiger partial charge in [0.15, 0.2) is 0 Å². The molecule has 0 aliphatic rings. The lowest BCUT2D eigenvalue weighted by Gasteiger charge is -2.05. The fourth-order valence-corrected chi connectivity index (χ4v) is 1.09. The Balaban J connectivity index is 3.05. The molecule has 11 heavy (non-hydrogen) atoms. The Bertz CT molecular complexity index is 256. The van der Waals surface area contributed by atoms with Crippen molar-refractivity contribution >= 4 is 12.6 Å². The molecule has 1 atom stereocenters. The number of benzene rings is 1. The Morgan fingerprint density at radius 1 is 1.45 bits per heavy atom. The monoisotopic (exact) mass is 170 g/mol. The van der Waals surface area contributed by atoms with E-state index >= 15 is 0 Å². The maximum Gasteiger partial charge on any atom is 0.126 e. The first-order valence-corrected chi connectivity index (χ1v) is 4.07. The Morgan fingerprint density at radius 2 is 2.09 bits per heavy atom. The van der Waals surface area contributed by atoms with Gasteiger partial charge in [-0.2, -0.15) is 12.6 Å². The summed E-state index contributed by atoms with van der Waals surface area (Å²) in [6.07, 6.45) is 0. The van der Waals surface area contributed by atoms with Crippen molar-refractivity contribution < 1.29 is 4.39 Å². The van der Waals surface area contributed by atoms with Crippen LogP contribution in [0.25, 0.3) is 0 Å². The molecule has 0 bridgehead atoms. The summed E-state index contributed by atoms with van der Waals surface area (Å²) < 4.78 is 12.7. The van der Waals surface area contributed by atoms with E-state index < -0.39 is 0 Å². The average molecular weight is 170 g/mol. The number of halogens is 1. The normalized spacial score (nSPS) is 13.1. The van der Waals surface area contributed by atoms with Gasteiger partial charge in [-0.15, -0.1) is 0 Å². The van der Waals surface area contributed by atoms with Gasteiger partial charge in [-0.3, -0.25) is 0 Å². The van der Waals surface area contributed by atoms with Crippen molar-refractivity contribution in [2.45, 2.75) is 19.1 Å². The first-order chi connectivity index (χ1) is 5.11. The van der Waals surface area contributed by atoms with Gasteiger partial charge in [0.1, 0.15) is 5.82 Å². The Kier molecular flexibility index (Phi) is 2.55. The van der Waals surface area contributed by atoms with Crippen LogP contribution in [0.2, 0.25) is 0 Å². The predicted octanol–water partition coefficient (Wildman–Crippen LogP) is 3.12. The standard InChI is InChI=1S/C9H11FS/c1-6-5-8(7(2)11)3-4-9(6)10/h3-5,7,11H,1-2H3. The highest BCUT2D eigenvalue weighted by Gasteiger charge is 2.01. The second-order valence-electron chi connectivity index (χ2n) is 2.68. The van der Waals surface area contributed by atoms with Crippen molar-refractivity contribution in [3.63, 3.8) is 0 Å². The second kappa shape index (κ2) is 3.26. The van der Waals surface area contributed by atoms with Gasteiger partial charge in [0.05, 0.1) is 0 Å². The van der Waals surface area contributed by atoms with E-state index in [1.54, 1.807) is 13.0 Å². The molecule has 0 aliphatic carbocycles. The van der Waals surface area contributed by atoms with Gasteiger partial charge in [0.2, 0.25) is 0 Å². The molecule has 0 fully saturated rings. The summed E-state index contributed by atoms with van der Waals surface area (Å²) in [5, 5.41) is 0.175. The van der Waals surface area contributed by atoms with Crippen molar-refractivity contribution in [3.8, 4) is 0 Å². The highest BCUT2D eigenvalue weighted by Crippen LogP contribution is 2.20. The maximum absolute atomic E-state index is 12.7. The maximum atomic E-state index is 12.7. The van der Waals surface area contributed by atoms with Gasteiger partial charge in [0, 0.05) is 5.25 Å². The molecule has 0 saturated heterocycles. The fourth-order valence-electron chi connectivity index (χ4n) is 0.928. The highest BCUT2D eigenvalue weighted by molar-refractivity contribution is 7.80. The first-order valence-electron chi connectivity index (χ1n) is 3.55. The average Bonchev–Trinajstić information content (AvgIpc) is 1.94. The first kappa shape index (κ1) is 8.60. The third-order valence-electron chi connectivity index (χ3n) is 1.66. The molecule has 1 unspecified atom stereocenters. The third kappa shape index (κ3) is 1.96. The van der Waals surface area contributed by atoms with Crippen LogP contribution < -0.4 is 0 Å². The van der Waals surface area contributed by atoms with Gasteiger partial charge in [-0.1, -0.05) is 12.1 Å². The van der Waals surface area contributed by atoms with Crippen LogP contribution in [0.4, 0.5) is 4.39 Å². The second-order valence-corrected chi connectivity index (χ2v) is 3.46. The van der Waals surface area contributed by atoms with Crippen molar-refractivity contribution in [2.75, 3.05) is 0 Å². The smallest absolute Gasteiger partial charge is 0.126 e. The molecule has 1 aromatic carbocycles. The van der Waals surface area contributed by atoms with Gasteiger partial charge >= 0.3 is 0 Å². The minimum absolute atomic E-state index is 0.150. The summed E-state index contributed by atoms with van der Waals surface area (Å²) in [4.78, 5) is 0. The van der Waals surface area contributed by atoms with Gasteiger partial charge in [-0.05, 0) is 31.0 Å². The molecular formula is C9H11FS. The zero-order chi connectivity index (χ0) is 8.43. The molecule has 0 aliphatic heterocycles.